The van der Waals surface area contributed by atoms with Crippen molar-refractivity contribution in [1.29, 1.82) is 0 Å². The van der Waals surface area contributed by atoms with Crippen molar-refractivity contribution < 1.29 is 10.2 Å². The molecule has 1 saturated carbocycles. The monoisotopic (exact) mass is 291 g/mol. The van der Waals surface area contributed by atoms with Crippen LogP contribution in [-0.2, 0) is 0 Å². The van der Waals surface area contributed by atoms with E-state index >= 15 is 0 Å². The summed E-state index contributed by atoms with van der Waals surface area (Å²) < 4.78 is 1.90. The second-order valence-corrected chi connectivity index (χ2v) is 6.03. The highest BCUT2D eigenvalue weighted by molar-refractivity contribution is 5.86. The van der Waals surface area contributed by atoms with Gasteiger partial charge in [0.05, 0.1) is 17.5 Å². The molecule has 2 aromatic heterocycles. The molecule has 21 heavy (non-hydrogen) atoms. The molecule has 1 aliphatic carbocycles. The Bertz CT molecular complexity index is 641. The lowest BCUT2D eigenvalue weighted by Gasteiger charge is -2.20. The summed E-state index contributed by atoms with van der Waals surface area (Å²) in [5, 5.41) is 21.4. The number of anilines is 1. The largest absolute Gasteiger partial charge is 0.390 e. The molecule has 0 spiro atoms. The van der Waals surface area contributed by atoms with E-state index in [2.05, 4.69) is 9.97 Å². The molecule has 0 aromatic carbocycles. The van der Waals surface area contributed by atoms with Gasteiger partial charge >= 0.3 is 0 Å². The highest BCUT2D eigenvalue weighted by atomic mass is 16.3. The molecule has 0 unspecified atom stereocenters. The number of hydrogen-bond acceptors (Lipinski definition) is 6. The third-order valence-electron chi connectivity index (χ3n) is 4.27. The molecule has 0 saturated heterocycles. The van der Waals surface area contributed by atoms with Crippen LogP contribution in [0.5, 0.6) is 0 Å². The highest BCUT2D eigenvalue weighted by Crippen LogP contribution is 2.37. The van der Waals surface area contributed by atoms with E-state index in [1.807, 2.05) is 35.8 Å². The zero-order valence-corrected chi connectivity index (χ0v) is 12.2. The molecule has 7 nitrogen and oxygen atoms in total. The van der Waals surface area contributed by atoms with Crippen LogP contribution in [0.4, 0.5) is 5.82 Å². The van der Waals surface area contributed by atoms with E-state index in [0.29, 0.717) is 17.9 Å². The third-order valence-corrected chi connectivity index (χ3v) is 4.27. The van der Waals surface area contributed by atoms with E-state index in [9.17, 15) is 10.2 Å². The highest BCUT2D eigenvalue weighted by Gasteiger charge is 2.42. The van der Waals surface area contributed by atoms with Crippen molar-refractivity contribution in [1.82, 2.24) is 19.4 Å². The van der Waals surface area contributed by atoms with Crippen LogP contribution in [0.25, 0.3) is 11.0 Å². The van der Waals surface area contributed by atoms with E-state index in [1.54, 1.807) is 0 Å². The predicted molar refractivity (Wildman–Crippen MR) is 79.7 cm³/mol. The standard InChI is InChI=1S/C14H21N5O2/c1-18(2)6-8-5-10(12(21)11(8)20)19-4-3-9-13(15)16-7-17-14(9)19/h3-4,7-8,10-12,20-21H,5-6H2,1-2H3,(H2,15,16,17)/t8-,10-,11-,12+/m1/s1. The van der Waals surface area contributed by atoms with Crippen LogP contribution in [0.15, 0.2) is 18.6 Å². The average molecular weight is 291 g/mol. The quantitative estimate of drug-likeness (QED) is 0.727. The lowest BCUT2D eigenvalue weighted by molar-refractivity contribution is 0.00283. The van der Waals surface area contributed by atoms with Gasteiger partial charge in [-0.05, 0) is 26.6 Å². The molecular formula is C14H21N5O2. The van der Waals surface area contributed by atoms with Gasteiger partial charge in [0, 0.05) is 18.7 Å². The Kier molecular flexibility index (Phi) is 3.56. The summed E-state index contributed by atoms with van der Waals surface area (Å²) in [6.45, 7) is 0.741. The molecule has 4 N–H and O–H groups in total. The number of fused-ring (bicyclic) bond motifs is 1. The average Bonchev–Trinajstić information content (AvgIpc) is 2.96. The van der Waals surface area contributed by atoms with Gasteiger partial charge in [0.15, 0.2) is 0 Å². The van der Waals surface area contributed by atoms with Crippen LogP contribution < -0.4 is 5.73 Å². The first kappa shape index (κ1) is 14.2. The Hall–Kier alpha value is -1.70. The van der Waals surface area contributed by atoms with Crippen molar-refractivity contribution in [3.05, 3.63) is 18.6 Å². The van der Waals surface area contributed by atoms with Crippen LogP contribution in [0.3, 0.4) is 0 Å². The van der Waals surface area contributed by atoms with Gasteiger partial charge in [-0.2, -0.15) is 0 Å². The van der Waals surface area contributed by atoms with Gasteiger partial charge in [-0.15, -0.1) is 0 Å². The normalized spacial score (nSPS) is 29.6. The lowest BCUT2D eigenvalue weighted by atomic mass is 10.1. The van der Waals surface area contributed by atoms with E-state index in [4.69, 9.17) is 5.73 Å². The van der Waals surface area contributed by atoms with Crippen LogP contribution >= 0.6 is 0 Å². The molecule has 1 aliphatic rings. The molecule has 2 heterocycles. The summed E-state index contributed by atoms with van der Waals surface area (Å²) >= 11 is 0. The summed E-state index contributed by atoms with van der Waals surface area (Å²) in [5.74, 6) is 0.466. The number of aromatic nitrogens is 3. The van der Waals surface area contributed by atoms with Crippen LogP contribution in [0, 0.1) is 5.92 Å². The van der Waals surface area contributed by atoms with Crippen LogP contribution in [0.1, 0.15) is 12.5 Å². The van der Waals surface area contributed by atoms with E-state index < -0.39 is 12.2 Å². The SMILES string of the molecule is CN(C)C[C@H]1C[C@@H](n2ccc3c(N)ncnc32)[C@H](O)[C@@H]1O. The van der Waals surface area contributed by atoms with Gasteiger partial charge in [-0.1, -0.05) is 0 Å². The summed E-state index contributed by atoms with van der Waals surface area (Å²) in [7, 11) is 3.93. The maximum absolute atomic E-state index is 10.4. The number of aliphatic hydroxyl groups is 2. The fourth-order valence-corrected chi connectivity index (χ4v) is 3.28. The first-order valence-corrected chi connectivity index (χ1v) is 7.07. The Balaban J connectivity index is 1.94. The van der Waals surface area contributed by atoms with Crippen molar-refractivity contribution in [2.24, 2.45) is 5.92 Å². The minimum absolute atomic E-state index is 0.0386. The van der Waals surface area contributed by atoms with Crippen LogP contribution in [-0.4, -0.2) is 62.5 Å². The van der Waals surface area contributed by atoms with Crippen molar-refractivity contribution in [3.63, 3.8) is 0 Å². The van der Waals surface area contributed by atoms with Gasteiger partial charge in [0.25, 0.3) is 0 Å². The molecule has 0 aliphatic heterocycles. The number of nitrogens with zero attached hydrogens (tertiary/aromatic N) is 4. The molecule has 1 fully saturated rings. The van der Waals surface area contributed by atoms with Crippen molar-refractivity contribution >= 4 is 16.9 Å². The first-order chi connectivity index (χ1) is 9.99. The molecule has 7 heteroatoms. The number of hydrogen-bond donors (Lipinski definition) is 3. The summed E-state index contributed by atoms with van der Waals surface area (Å²) in [5.41, 5.74) is 6.54. The maximum Gasteiger partial charge on any atom is 0.145 e. The molecule has 4 atom stereocenters. The molecule has 0 amide bonds. The van der Waals surface area contributed by atoms with Gasteiger partial charge in [0.2, 0.25) is 0 Å². The molecular weight excluding hydrogens is 270 g/mol. The summed E-state index contributed by atoms with van der Waals surface area (Å²) in [4.78, 5) is 10.3. The second-order valence-electron chi connectivity index (χ2n) is 6.03. The van der Waals surface area contributed by atoms with E-state index in [0.717, 1.165) is 11.9 Å². The Labute approximate surface area is 123 Å². The number of nitrogen functional groups attached to an aromatic ring is 1. The van der Waals surface area contributed by atoms with Gasteiger partial charge in [-0.3, -0.25) is 0 Å². The Morgan fingerprint density at radius 2 is 2.10 bits per heavy atom. The fourth-order valence-electron chi connectivity index (χ4n) is 3.28. The zero-order chi connectivity index (χ0) is 15.1. The minimum atomic E-state index is -0.804. The van der Waals surface area contributed by atoms with Gasteiger partial charge in [-0.25, -0.2) is 9.97 Å². The van der Waals surface area contributed by atoms with Crippen molar-refractivity contribution in [3.8, 4) is 0 Å². The fraction of sp³-hybridized carbons (Fsp3) is 0.571. The van der Waals surface area contributed by atoms with Gasteiger partial charge in [0.1, 0.15) is 23.9 Å². The molecule has 3 rings (SSSR count). The first-order valence-electron chi connectivity index (χ1n) is 7.07. The Morgan fingerprint density at radius 3 is 2.81 bits per heavy atom. The van der Waals surface area contributed by atoms with E-state index in [1.165, 1.54) is 6.33 Å². The summed E-state index contributed by atoms with van der Waals surface area (Å²) in [6, 6.07) is 1.65. The third kappa shape index (κ3) is 2.37. The summed E-state index contributed by atoms with van der Waals surface area (Å²) in [6.07, 6.45) is 2.45. The lowest BCUT2D eigenvalue weighted by Crippen LogP contribution is -2.33. The second kappa shape index (κ2) is 5.25. The van der Waals surface area contributed by atoms with Crippen molar-refractivity contribution in [2.75, 3.05) is 26.4 Å². The number of rotatable bonds is 3. The topological polar surface area (TPSA) is 100 Å². The van der Waals surface area contributed by atoms with Crippen LogP contribution in [0.2, 0.25) is 0 Å². The van der Waals surface area contributed by atoms with E-state index in [-0.39, 0.29) is 12.0 Å². The van der Waals surface area contributed by atoms with Gasteiger partial charge < -0.3 is 25.4 Å². The molecule has 0 radical (unpaired) electrons. The smallest absolute Gasteiger partial charge is 0.145 e. The van der Waals surface area contributed by atoms with Crippen molar-refractivity contribution in [2.45, 2.75) is 24.7 Å². The molecule has 114 valence electrons. The maximum atomic E-state index is 10.4. The predicted octanol–water partition coefficient (Wildman–Crippen LogP) is -0.142. The minimum Gasteiger partial charge on any atom is -0.390 e. The zero-order valence-electron chi connectivity index (χ0n) is 12.2. The molecule has 2 aromatic rings. The number of nitrogens with two attached hydrogens (primary N) is 1. The molecule has 0 bridgehead atoms. The number of aliphatic hydroxyl groups excluding tert-OH is 2. The Morgan fingerprint density at radius 1 is 1.33 bits per heavy atom.